The molecule has 0 saturated carbocycles. The van der Waals surface area contributed by atoms with E-state index < -0.39 is 11.6 Å². The fraction of sp³-hybridized carbons (Fsp3) is 0.222. The first-order valence-electron chi connectivity index (χ1n) is 3.55. The third-order valence-corrected chi connectivity index (χ3v) is 0.970. The third-order valence-electron chi connectivity index (χ3n) is 0.970. The lowest BCUT2D eigenvalue weighted by Crippen LogP contribution is -1.72. The van der Waals surface area contributed by atoms with Gasteiger partial charge in [0, 0.05) is 6.42 Å². The predicted molar refractivity (Wildman–Crippen MR) is 42.7 cm³/mol. The van der Waals surface area contributed by atoms with Crippen molar-refractivity contribution in [3.63, 3.8) is 0 Å². The van der Waals surface area contributed by atoms with Gasteiger partial charge in [0.1, 0.15) is 17.9 Å². The number of carbonyl (C=O) groups is 1. The van der Waals surface area contributed by atoms with Crippen LogP contribution in [0, 0.1) is 11.6 Å². The summed E-state index contributed by atoms with van der Waals surface area (Å²) in [5.74, 6) is -0.821. The lowest BCUT2D eigenvalue weighted by atomic mass is 10.3. The fourth-order valence-corrected chi connectivity index (χ4v) is 0.430. The van der Waals surface area contributed by atoms with Crippen LogP contribution in [0.5, 0.6) is 0 Å². The van der Waals surface area contributed by atoms with Gasteiger partial charge in [-0.2, -0.15) is 0 Å². The molecule has 0 aromatic heterocycles. The van der Waals surface area contributed by atoms with Gasteiger partial charge in [0.2, 0.25) is 0 Å². The van der Waals surface area contributed by atoms with E-state index >= 15 is 0 Å². The van der Waals surface area contributed by atoms with Crippen LogP contribution in [-0.2, 0) is 4.79 Å². The second kappa shape index (κ2) is 6.46. The molecule has 0 aliphatic rings. The number of hydrogen-bond donors (Lipinski definition) is 0. The molecule has 0 N–H and O–H groups in total. The monoisotopic (exact) mass is 172 g/mol. The average molecular weight is 172 g/mol. The second-order valence-corrected chi connectivity index (χ2v) is 2.01. The Morgan fingerprint density at radius 1 is 1.17 bits per heavy atom. The molecule has 0 saturated heterocycles. The minimum Gasteiger partial charge on any atom is -0.303 e. The van der Waals surface area contributed by atoms with E-state index in [2.05, 4.69) is 0 Å². The topological polar surface area (TPSA) is 17.1 Å². The molecule has 0 radical (unpaired) electrons. The summed E-state index contributed by atoms with van der Waals surface area (Å²) < 4.78 is 23.8. The summed E-state index contributed by atoms with van der Waals surface area (Å²) in [6.07, 6.45) is 1.51. The Bertz CT molecular complexity index is 197. The first-order chi connectivity index (χ1) is 5.70. The van der Waals surface area contributed by atoms with Crippen molar-refractivity contribution in [1.82, 2.24) is 0 Å². The fourth-order valence-electron chi connectivity index (χ4n) is 0.430. The summed E-state index contributed by atoms with van der Waals surface area (Å²) in [5, 5.41) is 0. The van der Waals surface area contributed by atoms with E-state index in [1.807, 2.05) is 6.92 Å². The van der Waals surface area contributed by atoms with E-state index in [9.17, 15) is 13.6 Å². The Balaban J connectivity index is 0.000000261. The van der Waals surface area contributed by atoms with Crippen molar-refractivity contribution in [2.75, 3.05) is 0 Å². The number of halogens is 2. The molecule has 12 heavy (non-hydrogen) atoms. The van der Waals surface area contributed by atoms with Crippen LogP contribution >= 0.6 is 0 Å². The highest BCUT2D eigenvalue weighted by Gasteiger charge is 1.86. The van der Waals surface area contributed by atoms with Gasteiger partial charge in [-0.1, -0.05) is 6.92 Å². The van der Waals surface area contributed by atoms with Crippen molar-refractivity contribution in [3.8, 4) is 0 Å². The van der Waals surface area contributed by atoms with Gasteiger partial charge in [-0.05, 0) is 24.3 Å². The number of hydrogen-bond acceptors (Lipinski definition) is 1. The van der Waals surface area contributed by atoms with E-state index in [1.54, 1.807) is 0 Å². The molecule has 0 unspecified atom stereocenters. The molecule has 1 rings (SSSR count). The summed E-state index contributed by atoms with van der Waals surface area (Å²) in [6.45, 7) is 1.81. The highest BCUT2D eigenvalue weighted by Crippen LogP contribution is 1.98. The highest BCUT2D eigenvalue weighted by atomic mass is 19.1. The molecule has 1 nitrogen and oxygen atoms in total. The first kappa shape index (κ1) is 10.8. The molecule has 0 bridgehead atoms. The van der Waals surface area contributed by atoms with Crippen molar-refractivity contribution in [3.05, 3.63) is 35.9 Å². The van der Waals surface area contributed by atoms with Crippen LogP contribution in [0.15, 0.2) is 24.3 Å². The van der Waals surface area contributed by atoms with Crippen molar-refractivity contribution >= 4 is 6.29 Å². The van der Waals surface area contributed by atoms with E-state index in [-0.39, 0.29) is 0 Å². The summed E-state index contributed by atoms with van der Waals surface area (Å²) in [6, 6.07) is 4.31. The van der Waals surface area contributed by atoms with Crippen molar-refractivity contribution in [1.29, 1.82) is 0 Å². The summed E-state index contributed by atoms with van der Waals surface area (Å²) >= 11 is 0. The third kappa shape index (κ3) is 5.53. The Labute approximate surface area is 70.0 Å². The van der Waals surface area contributed by atoms with E-state index in [0.717, 1.165) is 30.6 Å². The minimum atomic E-state index is -0.411. The minimum absolute atomic E-state index is 0.411. The quantitative estimate of drug-likeness (QED) is 0.595. The van der Waals surface area contributed by atoms with Crippen LogP contribution in [0.4, 0.5) is 8.78 Å². The normalized spacial score (nSPS) is 8.25. The Hall–Kier alpha value is -1.25. The van der Waals surface area contributed by atoms with Gasteiger partial charge in [0.15, 0.2) is 0 Å². The lowest BCUT2D eigenvalue weighted by Gasteiger charge is -1.83. The Morgan fingerprint density at radius 2 is 1.42 bits per heavy atom. The van der Waals surface area contributed by atoms with Crippen LogP contribution < -0.4 is 0 Å². The maximum absolute atomic E-state index is 11.9. The highest BCUT2D eigenvalue weighted by molar-refractivity contribution is 5.48. The van der Waals surface area contributed by atoms with E-state index in [0.29, 0.717) is 6.42 Å². The molecule has 3 heteroatoms. The van der Waals surface area contributed by atoms with Crippen LogP contribution in [-0.4, -0.2) is 6.29 Å². The predicted octanol–water partition coefficient (Wildman–Crippen LogP) is 2.56. The summed E-state index contributed by atoms with van der Waals surface area (Å²) in [5.41, 5.74) is 0. The molecular formula is C9H10F2O. The first-order valence-corrected chi connectivity index (χ1v) is 3.55. The number of aldehydes is 1. The summed E-state index contributed by atoms with van der Waals surface area (Å²) in [4.78, 5) is 9.17. The zero-order valence-electron chi connectivity index (χ0n) is 6.76. The zero-order valence-corrected chi connectivity index (χ0v) is 6.76. The standard InChI is InChI=1S/C6H4F2.C3H6O/c7-5-1-2-6(8)4-3-5;1-2-3-4/h1-4H;3H,2H2,1H3. The van der Waals surface area contributed by atoms with Gasteiger partial charge in [-0.25, -0.2) is 8.78 Å². The number of carbonyl (C=O) groups excluding carboxylic acids is 1. The largest absolute Gasteiger partial charge is 0.303 e. The van der Waals surface area contributed by atoms with Gasteiger partial charge >= 0.3 is 0 Å². The molecule has 66 valence electrons. The SMILES string of the molecule is CCC=O.Fc1ccc(F)cc1. The molecule has 0 aliphatic carbocycles. The molecule has 0 atom stereocenters. The Morgan fingerprint density at radius 3 is 1.58 bits per heavy atom. The molecule has 0 heterocycles. The number of benzene rings is 1. The van der Waals surface area contributed by atoms with Crippen LogP contribution in [0.25, 0.3) is 0 Å². The van der Waals surface area contributed by atoms with Gasteiger partial charge in [0.25, 0.3) is 0 Å². The van der Waals surface area contributed by atoms with Crippen LogP contribution in [0.2, 0.25) is 0 Å². The zero-order chi connectivity index (χ0) is 9.40. The average Bonchev–Trinajstić information content (AvgIpc) is 2.11. The smallest absolute Gasteiger partial charge is 0.123 e. The van der Waals surface area contributed by atoms with Crippen molar-refractivity contribution in [2.24, 2.45) is 0 Å². The molecule has 1 aromatic carbocycles. The van der Waals surface area contributed by atoms with Gasteiger partial charge in [-0.3, -0.25) is 0 Å². The van der Waals surface area contributed by atoms with E-state index in [1.165, 1.54) is 0 Å². The van der Waals surface area contributed by atoms with Gasteiger partial charge < -0.3 is 4.79 Å². The molecule has 0 aliphatic heterocycles. The molecule has 0 amide bonds. The maximum atomic E-state index is 11.9. The maximum Gasteiger partial charge on any atom is 0.123 e. The van der Waals surface area contributed by atoms with Gasteiger partial charge in [-0.15, -0.1) is 0 Å². The Kier molecular flexibility index (Phi) is 5.79. The number of rotatable bonds is 1. The van der Waals surface area contributed by atoms with Gasteiger partial charge in [0.05, 0.1) is 0 Å². The van der Waals surface area contributed by atoms with Crippen LogP contribution in [0.3, 0.4) is 0 Å². The lowest BCUT2D eigenvalue weighted by molar-refractivity contribution is -0.107. The van der Waals surface area contributed by atoms with Crippen molar-refractivity contribution in [2.45, 2.75) is 13.3 Å². The molecular weight excluding hydrogens is 162 g/mol. The molecule has 1 aromatic rings. The van der Waals surface area contributed by atoms with Crippen LogP contribution in [0.1, 0.15) is 13.3 Å². The summed E-state index contributed by atoms with van der Waals surface area (Å²) in [7, 11) is 0. The molecule has 0 fully saturated rings. The van der Waals surface area contributed by atoms with Crippen molar-refractivity contribution < 1.29 is 13.6 Å². The van der Waals surface area contributed by atoms with E-state index in [4.69, 9.17) is 0 Å². The molecule has 0 spiro atoms. The second-order valence-electron chi connectivity index (χ2n) is 2.01.